The fourth-order valence-corrected chi connectivity index (χ4v) is 3.14. The Bertz CT molecular complexity index is 860. The Balaban J connectivity index is 2.34. The van der Waals surface area contributed by atoms with Crippen molar-refractivity contribution in [2.45, 2.75) is 44.9 Å². The maximum absolute atomic E-state index is 13.3. The first kappa shape index (κ1) is 25.0. The molecule has 0 heterocycles. The van der Waals surface area contributed by atoms with Crippen LogP contribution in [-0.2, 0) is 30.5 Å². The van der Waals surface area contributed by atoms with E-state index in [1.807, 2.05) is 18.2 Å². The Morgan fingerprint density at radius 3 is 2.09 bits per heavy atom. The first-order chi connectivity index (χ1) is 15.5. The fourth-order valence-electron chi connectivity index (χ4n) is 3.14. The molecule has 4 N–H and O–H groups in total. The molecule has 0 saturated heterocycles. The van der Waals surface area contributed by atoms with Crippen LogP contribution >= 0.6 is 0 Å². The molecule has 0 spiro atoms. The van der Waals surface area contributed by atoms with E-state index in [0.29, 0.717) is 31.5 Å². The minimum absolute atomic E-state index is 0.0423. The van der Waals surface area contributed by atoms with Crippen LogP contribution < -0.4 is 16.4 Å². The third-order valence-corrected chi connectivity index (χ3v) is 4.77. The Morgan fingerprint density at radius 1 is 0.906 bits per heavy atom. The van der Waals surface area contributed by atoms with Crippen LogP contribution in [0.3, 0.4) is 0 Å². The van der Waals surface area contributed by atoms with E-state index in [9.17, 15) is 14.4 Å². The highest BCUT2D eigenvalue weighted by Gasteiger charge is 2.41. The molecule has 1 amide bonds. The first-order valence-electron chi connectivity index (χ1n) is 10.7. The molecule has 0 unspecified atom stereocenters. The summed E-state index contributed by atoms with van der Waals surface area (Å²) in [4.78, 5) is 40.3. The molecule has 8 nitrogen and oxygen atoms in total. The van der Waals surface area contributed by atoms with Gasteiger partial charge >= 0.3 is 11.9 Å². The van der Waals surface area contributed by atoms with Gasteiger partial charge in [-0.25, -0.2) is 9.59 Å². The zero-order chi connectivity index (χ0) is 23.3. The van der Waals surface area contributed by atoms with E-state index in [-0.39, 0.29) is 13.2 Å². The van der Waals surface area contributed by atoms with Crippen LogP contribution in [0, 0.1) is 0 Å². The summed E-state index contributed by atoms with van der Waals surface area (Å²) in [7, 11) is 0. The second-order valence-electron chi connectivity index (χ2n) is 7.18. The van der Waals surface area contributed by atoms with Crippen molar-refractivity contribution >= 4 is 23.5 Å². The van der Waals surface area contributed by atoms with Gasteiger partial charge in [-0.2, -0.15) is 0 Å². The minimum Gasteiger partial charge on any atom is -0.464 e. The van der Waals surface area contributed by atoms with Crippen LogP contribution in [0.4, 0.5) is 5.69 Å². The monoisotopic (exact) mass is 441 g/mol. The van der Waals surface area contributed by atoms with Crippen molar-refractivity contribution < 1.29 is 23.9 Å². The molecule has 0 radical (unpaired) electrons. The topological polar surface area (TPSA) is 125 Å². The van der Waals surface area contributed by atoms with Gasteiger partial charge in [0.1, 0.15) is 6.61 Å². The quantitative estimate of drug-likeness (QED) is 0.294. The van der Waals surface area contributed by atoms with E-state index in [4.69, 9.17) is 20.9 Å². The predicted molar refractivity (Wildman–Crippen MR) is 121 cm³/mol. The maximum Gasteiger partial charge on any atom is 0.341 e. The predicted octanol–water partition coefficient (Wildman–Crippen LogP) is 2.15. The number of carbonyl (C=O) groups excluding carboxylic acids is 3. The average molecular weight is 442 g/mol. The standard InChI is InChI=1S/C24H31N3O5/c1-2-31-23(29)21(24(30)32-17-18-11-5-3-6-12-18)27(19-13-7-4-8-14-19)22(28)20(26)15-9-10-16-25/h3-8,11-14,20-21H,2,9-10,15-17,25-26H2,1H3/t20-,21+/m0/s1. The summed E-state index contributed by atoms with van der Waals surface area (Å²) < 4.78 is 10.5. The number of ether oxygens (including phenoxy) is 2. The number of hydrogen-bond donors (Lipinski definition) is 2. The molecule has 0 saturated carbocycles. The van der Waals surface area contributed by atoms with E-state index in [0.717, 1.165) is 10.5 Å². The molecule has 0 aliphatic rings. The van der Waals surface area contributed by atoms with Crippen LogP contribution in [-0.4, -0.2) is 43.1 Å². The number of unbranched alkanes of at least 4 members (excludes halogenated alkanes) is 1. The molecule has 2 aromatic carbocycles. The number of nitrogens with two attached hydrogens (primary N) is 2. The van der Waals surface area contributed by atoms with Gasteiger partial charge in [0.25, 0.3) is 0 Å². The normalized spacial score (nSPS) is 12.5. The van der Waals surface area contributed by atoms with Gasteiger partial charge in [0.15, 0.2) is 0 Å². The molecule has 0 aliphatic carbocycles. The second-order valence-corrected chi connectivity index (χ2v) is 7.18. The number of anilines is 1. The summed E-state index contributed by atoms with van der Waals surface area (Å²) in [6, 6.07) is 14.9. The van der Waals surface area contributed by atoms with Crippen LogP contribution in [0.15, 0.2) is 60.7 Å². The van der Waals surface area contributed by atoms with Crippen molar-refractivity contribution in [1.29, 1.82) is 0 Å². The summed E-state index contributed by atoms with van der Waals surface area (Å²) >= 11 is 0. The van der Waals surface area contributed by atoms with Crippen molar-refractivity contribution in [2.75, 3.05) is 18.1 Å². The molecule has 0 aliphatic heterocycles. The zero-order valence-electron chi connectivity index (χ0n) is 18.3. The molecule has 172 valence electrons. The molecule has 8 heteroatoms. The molecule has 0 fully saturated rings. The Kier molecular flexibility index (Phi) is 10.4. The second kappa shape index (κ2) is 13.2. The summed E-state index contributed by atoms with van der Waals surface area (Å²) in [6.07, 6.45) is 1.73. The number of benzene rings is 2. The summed E-state index contributed by atoms with van der Waals surface area (Å²) in [5, 5.41) is 0. The van der Waals surface area contributed by atoms with E-state index >= 15 is 0 Å². The van der Waals surface area contributed by atoms with Gasteiger partial charge in [0.05, 0.1) is 12.6 Å². The van der Waals surface area contributed by atoms with Gasteiger partial charge in [-0.3, -0.25) is 9.69 Å². The number of hydrogen-bond acceptors (Lipinski definition) is 7. The third kappa shape index (κ3) is 7.18. The third-order valence-electron chi connectivity index (χ3n) is 4.77. The molecule has 2 atom stereocenters. The maximum atomic E-state index is 13.3. The van der Waals surface area contributed by atoms with Crippen molar-refractivity contribution in [2.24, 2.45) is 11.5 Å². The summed E-state index contributed by atoms with van der Waals surface area (Å²) in [6.45, 7) is 2.10. The molecule has 32 heavy (non-hydrogen) atoms. The lowest BCUT2D eigenvalue weighted by Crippen LogP contribution is -2.56. The van der Waals surface area contributed by atoms with Crippen LogP contribution in [0.25, 0.3) is 0 Å². The molecular formula is C24H31N3O5. The van der Waals surface area contributed by atoms with E-state index in [1.165, 1.54) is 0 Å². The molecular weight excluding hydrogens is 410 g/mol. The molecule has 2 aromatic rings. The van der Waals surface area contributed by atoms with Crippen molar-refractivity contribution in [1.82, 2.24) is 0 Å². The van der Waals surface area contributed by atoms with Gasteiger partial charge in [0.2, 0.25) is 11.9 Å². The fraction of sp³-hybridized carbons (Fsp3) is 0.375. The Labute approximate surface area is 188 Å². The number of nitrogens with zero attached hydrogens (tertiary/aromatic N) is 1. The van der Waals surface area contributed by atoms with Gasteiger partial charge in [-0.05, 0) is 44.0 Å². The highest BCUT2D eigenvalue weighted by atomic mass is 16.6. The highest BCUT2D eigenvalue weighted by molar-refractivity contribution is 6.12. The van der Waals surface area contributed by atoms with Crippen LogP contribution in [0.2, 0.25) is 0 Å². The van der Waals surface area contributed by atoms with Crippen molar-refractivity contribution in [3.8, 4) is 0 Å². The van der Waals surface area contributed by atoms with Crippen LogP contribution in [0.5, 0.6) is 0 Å². The summed E-state index contributed by atoms with van der Waals surface area (Å²) in [5.41, 5.74) is 12.8. The van der Waals surface area contributed by atoms with Gasteiger partial charge in [0, 0.05) is 5.69 Å². The number of amides is 1. The van der Waals surface area contributed by atoms with E-state index in [1.54, 1.807) is 49.4 Å². The Morgan fingerprint density at radius 2 is 1.50 bits per heavy atom. The minimum atomic E-state index is -1.62. The van der Waals surface area contributed by atoms with E-state index < -0.39 is 29.9 Å². The van der Waals surface area contributed by atoms with Crippen molar-refractivity contribution in [3.05, 3.63) is 66.2 Å². The van der Waals surface area contributed by atoms with Crippen molar-refractivity contribution in [3.63, 3.8) is 0 Å². The number of carbonyl (C=O) groups is 3. The van der Waals surface area contributed by atoms with Crippen LogP contribution in [0.1, 0.15) is 31.7 Å². The lowest BCUT2D eigenvalue weighted by atomic mass is 10.1. The largest absolute Gasteiger partial charge is 0.464 e. The number of esters is 2. The number of rotatable bonds is 12. The molecule has 0 bridgehead atoms. The lowest BCUT2D eigenvalue weighted by Gasteiger charge is -2.31. The van der Waals surface area contributed by atoms with Gasteiger partial charge in [-0.1, -0.05) is 55.0 Å². The lowest BCUT2D eigenvalue weighted by molar-refractivity contribution is -0.159. The van der Waals surface area contributed by atoms with Gasteiger partial charge in [-0.15, -0.1) is 0 Å². The molecule has 2 rings (SSSR count). The SMILES string of the molecule is CCOC(=O)[C@H](C(=O)OCc1ccccc1)N(C(=O)[C@@H](N)CCCCN)c1ccccc1. The van der Waals surface area contributed by atoms with Gasteiger partial charge < -0.3 is 20.9 Å². The zero-order valence-corrected chi connectivity index (χ0v) is 18.3. The van der Waals surface area contributed by atoms with E-state index in [2.05, 4.69) is 0 Å². The Hall–Kier alpha value is -3.23. The summed E-state index contributed by atoms with van der Waals surface area (Å²) in [5.74, 6) is -2.33. The number of para-hydroxylation sites is 1. The smallest absolute Gasteiger partial charge is 0.341 e. The average Bonchev–Trinajstić information content (AvgIpc) is 2.82. The molecule has 0 aromatic heterocycles. The highest BCUT2D eigenvalue weighted by Crippen LogP contribution is 2.21. The first-order valence-corrected chi connectivity index (χ1v) is 10.7.